The maximum Gasteiger partial charge on any atom is 0.254 e. The number of hydrogen-bond donors (Lipinski definition) is 0. The van der Waals surface area contributed by atoms with Crippen LogP contribution in [0.2, 0.25) is 0 Å². The molecule has 7 fully saturated rings. The molecular weight excluding hydrogens is 920 g/mol. The first kappa shape index (κ1) is 47.2. The highest BCUT2D eigenvalue weighted by Crippen LogP contribution is 2.74. The molecular formula is C71H77BN4. The van der Waals surface area contributed by atoms with E-state index in [9.17, 15) is 0 Å². The van der Waals surface area contributed by atoms with E-state index < -0.39 is 0 Å². The topological polar surface area (TPSA) is 22.6 Å². The Balaban J connectivity index is 1.04. The van der Waals surface area contributed by atoms with Gasteiger partial charge in [-0.15, -0.1) is 0 Å². The predicted octanol–water partition coefficient (Wildman–Crippen LogP) is 16.5. The van der Waals surface area contributed by atoms with Crippen molar-refractivity contribution in [2.45, 2.75) is 148 Å². The van der Waals surface area contributed by atoms with Crippen molar-refractivity contribution >= 4 is 74.4 Å². The third-order valence-corrected chi connectivity index (χ3v) is 21.7. The fraction of sp³-hybridized carbons (Fsp3) is 0.423. The zero-order valence-electron chi connectivity index (χ0n) is 46.9. The number of pyridine rings is 1. The molecule has 1 aromatic heterocycles. The second-order valence-corrected chi connectivity index (χ2v) is 28.9. The maximum atomic E-state index is 6.40. The molecule has 4 nitrogen and oxygen atoms in total. The number of rotatable bonds is 6. The average Bonchev–Trinajstić information content (AvgIpc) is 3.23. The van der Waals surface area contributed by atoms with Crippen LogP contribution in [-0.2, 0) is 27.1 Å². The molecule has 7 saturated carbocycles. The van der Waals surface area contributed by atoms with Gasteiger partial charge >= 0.3 is 0 Å². The molecule has 0 N–H and O–H groups in total. The van der Waals surface area contributed by atoms with Gasteiger partial charge in [0.15, 0.2) is 0 Å². The molecule has 5 heteroatoms. The third-order valence-electron chi connectivity index (χ3n) is 21.7. The van der Waals surface area contributed by atoms with Gasteiger partial charge in [0.25, 0.3) is 6.71 Å². The first-order valence-corrected chi connectivity index (χ1v) is 29.5. The van der Waals surface area contributed by atoms with Crippen molar-refractivity contribution in [2.75, 3.05) is 14.7 Å². The Hall–Kier alpha value is -6.07. The van der Waals surface area contributed by atoms with Crippen molar-refractivity contribution in [1.82, 2.24) is 4.98 Å². The largest absolute Gasteiger partial charge is 0.311 e. The van der Waals surface area contributed by atoms with Gasteiger partial charge in [-0.25, -0.2) is 4.98 Å². The van der Waals surface area contributed by atoms with Crippen LogP contribution in [0, 0.1) is 41.4 Å². The van der Waals surface area contributed by atoms with Crippen LogP contribution in [0.3, 0.4) is 0 Å². The molecule has 3 heterocycles. The lowest BCUT2D eigenvalue weighted by atomic mass is 9.32. The van der Waals surface area contributed by atoms with Crippen LogP contribution in [0.4, 0.5) is 51.3 Å². The summed E-state index contributed by atoms with van der Waals surface area (Å²) in [6.07, 6.45) is 10.7. The van der Waals surface area contributed by atoms with Crippen molar-refractivity contribution in [2.24, 2.45) is 41.4 Å². The highest BCUT2D eigenvalue weighted by molar-refractivity contribution is 7.00. The number of nitrogens with zero attached hydrogens (tertiary/aromatic N) is 4. The number of benzene rings is 6. The average molecular weight is 997 g/mol. The molecule has 0 saturated heterocycles. The molecule has 2 aliphatic heterocycles. The number of fused-ring (bicyclic) bond motifs is 5. The minimum atomic E-state index is -0.0311. The Bertz CT molecular complexity index is 3370. The van der Waals surface area contributed by atoms with Crippen molar-refractivity contribution in [3.8, 4) is 0 Å². The molecule has 0 unspecified atom stereocenters. The molecule has 10 aliphatic rings. The lowest BCUT2D eigenvalue weighted by Gasteiger charge is -2.72. The Morgan fingerprint density at radius 2 is 0.974 bits per heavy atom. The number of hydrogen-bond acceptors (Lipinski definition) is 4. The molecule has 0 atom stereocenters. The molecule has 8 aliphatic carbocycles. The minimum Gasteiger partial charge on any atom is -0.311 e. The lowest BCUT2D eigenvalue weighted by Crippen LogP contribution is -2.66. The van der Waals surface area contributed by atoms with Gasteiger partial charge in [0.2, 0.25) is 0 Å². The number of aromatic nitrogens is 1. The molecule has 17 rings (SSSR count). The Labute approximate surface area is 454 Å². The summed E-state index contributed by atoms with van der Waals surface area (Å²) in [5, 5.41) is 0. The summed E-state index contributed by atoms with van der Waals surface area (Å²) in [5.41, 5.74) is 21.1. The van der Waals surface area contributed by atoms with Gasteiger partial charge in [-0.05, 0) is 226 Å². The second-order valence-electron chi connectivity index (χ2n) is 28.9. The van der Waals surface area contributed by atoms with E-state index in [2.05, 4.69) is 230 Å². The molecule has 7 aromatic rings. The van der Waals surface area contributed by atoms with E-state index in [1.807, 2.05) is 0 Å². The molecule has 0 spiro atoms. The molecule has 6 aromatic carbocycles. The normalized spacial score (nSPS) is 27.5. The summed E-state index contributed by atoms with van der Waals surface area (Å²) >= 11 is 0. The molecule has 0 radical (unpaired) electrons. The Morgan fingerprint density at radius 3 is 1.49 bits per heavy atom. The summed E-state index contributed by atoms with van der Waals surface area (Å²) in [7, 11) is 0. The summed E-state index contributed by atoms with van der Waals surface area (Å²) in [4.78, 5) is 14.2. The highest BCUT2D eigenvalue weighted by atomic mass is 15.2. The lowest BCUT2D eigenvalue weighted by molar-refractivity contribution is -0.213. The van der Waals surface area contributed by atoms with Crippen LogP contribution in [0.5, 0.6) is 0 Å². The van der Waals surface area contributed by atoms with Crippen LogP contribution in [0.1, 0.15) is 149 Å². The van der Waals surface area contributed by atoms with Gasteiger partial charge in [0.05, 0.1) is 5.69 Å². The van der Waals surface area contributed by atoms with E-state index in [4.69, 9.17) is 4.98 Å². The standard InChI is InChI=1S/C71H77BN4/c1-67(2,3)44-21-25-48(26-22-44)75-61-36-50(74(46-17-13-11-14-18-46)47-19-15-12-16-20-47)29-30-59(61)72-60-37-57-58(70(9,10)32-31-69(57,7)8)38-62(60)76(49-27-23-45(24-28-49)68(4,5)6)66-65(72)63(75)39-64(73-66)71-40-54-51-33-43-34-52(54)56(42-71)53(35-43)55(51)41-71/h11-30,36-39,43,51-56H,31-35,40-42H2,1-10H3. The van der Waals surface area contributed by atoms with Crippen LogP contribution in [0.25, 0.3) is 0 Å². The summed E-state index contributed by atoms with van der Waals surface area (Å²) in [6, 6.07) is 56.8. The number of para-hydroxylation sites is 2. The first-order chi connectivity index (χ1) is 36.4. The zero-order valence-corrected chi connectivity index (χ0v) is 46.9. The van der Waals surface area contributed by atoms with Crippen LogP contribution >= 0.6 is 0 Å². The van der Waals surface area contributed by atoms with Crippen molar-refractivity contribution in [3.05, 3.63) is 174 Å². The maximum absolute atomic E-state index is 6.40. The first-order valence-electron chi connectivity index (χ1n) is 29.5. The van der Waals surface area contributed by atoms with Gasteiger partial charge in [-0.2, -0.15) is 0 Å². The Kier molecular flexibility index (Phi) is 9.94. The fourth-order valence-electron chi connectivity index (χ4n) is 17.9. The van der Waals surface area contributed by atoms with Crippen LogP contribution in [-0.4, -0.2) is 11.7 Å². The Morgan fingerprint density at radius 1 is 0.487 bits per heavy atom. The smallest absolute Gasteiger partial charge is 0.254 e. The van der Waals surface area contributed by atoms with Gasteiger partial charge in [-0.1, -0.05) is 142 Å². The van der Waals surface area contributed by atoms with E-state index >= 15 is 0 Å². The van der Waals surface area contributed by atoms with Gasteiger partial charge in [-0.3, -0.25) is 4.90 Å². The van der Waals surface area contributed by atoms with Crippen LogP contribution < -0.4 is 31.1 Å². The number of anilines is 9. The third kappa shape index (κ3) is 6.84. The summed E-state index contributed by atoms with van der Waals surface area (Å²) in [6.45, 7) is 24.0. The summed E-state index contributed by atoms with van der Waals surface area (Å²) in [5.74, 6) is 7.44. The van der Waals surface area contributed by atoms with Gasteiger partial charge < -0.3 is 9.80 Å². The second kappa shape index (κ2) is 16.0. The van der Waals surface area contributed by atoms with E-state index in [1.165, 1.54) is 124 Å². The van der Waals surface area contributed by atoms with Crippen LogP contribution in [0.15, 0.2) is 146 Å². The van der Waals surface area contributed by atoms with Crippen molar-refractivity contribution < 1.29 is 0 Å². The molecule has 8 bridgehead atoms. The van der Waals surface area contributed by atoms with Crippen molar-refractivity contribution in [1.29, 1.82) is 0 Å². The highest BCUT2D eigenvalue weighted by Gasteiger charge is 2.68. The zero-order chi connectivity index (χ0) is 52.0. The quantitative estimate of drug-likeness (QED) is 0.155. The molecule has 384 valence electrons. The SMILES string of the molecule is CC(C)(C)c1ccc(N2c3cc(N(c4ccccc4)c4ccccc4)ccc3B3c4cc5c(cc4N(c4ccc(C(C)(C)C)cc4)c4nc(C67CC8C9CC%10CC8C(C6)C(C%10)C9C7)cc2c43)C(C)(C)CCC5(C)C)cc1. The predicted molar refractivity (Wildman–Crippen MR) is 319 cm³/mol. The monoisotopic (exact) mass is 997 g/mol. The molecule has 0 amide bonds. The van der Waals surface area contributed by atoms with E-state index in [0.717, 1.165) is 64.3 Å². The van der Waals surface area contributed by atoms with Gasteiger partial charge in [0, 0.05) is 50.9 Å². The van der Waals surface area contributed by atoms with Crippen molar-refractivity contribution in [3.63, 3.8) is 0 Å². The minimum absolute atomic E-state index is 0.0248. The van der Waals surface area contributed by atoms with E-state index in [0.29, 0.717) is 0 Å². The van der Waals surface area contributed by atoms with E-state index in [-0.39, 0.29) is 33.8 Å². The molecule has 76 heavy (non-hydrogen) atoms. The fourth-order valence-corrected chi connectivity index (χ4v) is 17.9. The summed E-state index contributed by atoms with van der Waals surface area (Å²) < 4.78 is 0. The van der Waals surface area contributed by atoms with E-state index in [1.54, 1.807) is 0 Å². The van der Waals surface area contributed by atoms with Gasteiger partial charge in [0.1, 0.15) is 5.82 Å².